The van der Waals surface area contributed by atoms with E-state index in [0.717, 1.165) is 0 Å². The Balaban J connectivity index is 1.73. The summed E-state index contributed by atoms with van der Waals surface area (Å²) in [4.78, 5) is 7.87. The van der Waals surface area contributed by atoms with Gasteiger partial charge in [-0.1, -0.05) is 29.3 Å². The highest BCUT2D eigenvalue weighted by molar-refractivity contribution is 7.92. The molecule has 6 nitrogen and oxygen atoms in total. The summed E-state index contributed by atoms with van der Waals surface area (Å²) in [5, 5.41) is 0.902. The molecule has 0 saturated carbocycles. The van der Waals surface area contributed by atoms with E-state index >= 15 is 0 Å². The third kappa shape index (κ3) is 4.02. The molecule has 0 spiro atoms. The highest BCUT2D eigenvalue weighted by atomic mass is 35.5. The van der Waals surface area contributed by atoms with Gasteiger partial charge in [0.1, 0.15) is 10.7 Å². The van der Waals surface area contributed by atoms with Crippen LogP contribution in [-0.2, 0) is 10.0 Å². The number of aromatic nitrogens is 2. The first-order valence-corrected chi connectivity index (χ1v) is 10.8. The predicted octanol–water partition coefficient (Wildman–Crippen LogP) is 5.13. The molecule has 0 bridgehead atoms. The van der Waals surface area contributed by atoms with Gasteiger partial charge in [-0.05, 0) is 54.1 Å². The largest absolute Gasteiger partial charge is 0.368 e. The fourth-order valence-electron chi connectivity index (χ4n) is 2.92. The number of nitrogens with zero attached hydrogens (tertiary/aromatic N) is 2. The predicted molar refractivity (Wildman–Crippen MR) is 117 cm³/mol. The Hall–Kier alpha value is -2.94. The minimum atomic E-state index is -4.04. The summed E-state index contributed by atoms with van der Waals surface area (Å²) in [6.07, 6.45) is 1.53. The van der Waals surface area contributed by atoms with Crippen molar-refractivity contribution in [1.29, 1.82) is 0 Å². The molecule has 4 rings (SSSR count). The van der Waals surface area contributed by atoms with Crippen LogP contribution in [-0.4, -0.2) is 18.4 Å². The molecule has 0 unspecified atom stereocenters. The third-order valence-corrected chi connectivity index (χ3v) is 6.41. The molecule has 3 aromatic carbocycles. The summed E-state index contributed by atoms with van der Waals surface area (Å²) in [5.41, 5.74) is 7.08. The summed E-state index contributed by atoms with van der Waals surface area (Å²) >= 11 is 11.9. The van der Waals surface area contributed by atoms with Gasteiger partial charge >= 0.3 is 0 Å². The molecule has 0 saturated heterocycles. The topological polar surface area (TPSA) is 98.0 Å². The molecule has 1 heterocycles. The molecule has 4 aromatic rings. The van der Waals surface area contributed by atoms with Crippen LogP contribution in [0, 0.1) is 5.82 Å². The van der Waals surface area contributed by atoms with Gasteiger partial charge in [0.25, 0.3) is 10.0 Å². The number of sulfonamides is 1. The maximum Gasteiger partial charge on any atom is 0.263 e. The Kier molecular flexibility index (Phi) is 5.23. The van der Waals surface area contributed by atoms with Crippen LogP contribution in [0.15, 0.2) is 65.7 Å². The minimum absolute atomic E-state index is 0.0167. The van der Waals surface area contributed by atoms with Gasteiger partial charge in [-0.3, -0.25) is 4.72 Å². The maximum atomic E-state index is 14.5. The number of rotatable bonds is 4. The van der Waals surface area contributed by atoms with E-state index in [1.807, 2.05) is 0 Å². The zero-order chi connectivity index (χ0) is 21.5. The van der Waals surface area contributed by atoms with E-state index in [0.29, 0.717) is 16.5 Å². The van der Waals surface area contributed by atoms with Crippen molar-refractivity contribution in [2.24, 2.45) is 0 Å². The van der Waals surface area contributed by atoms with Crippen molar-refractivity contribution in [3.63, 3.8) is 0 Å². The number of nitrogens with one attached hydrogen (secondary N) is 1. The summed E-state index contributed by atoms with van der Waals surface area (Å²) in [5.74, 6) is -0.382. The van der Waals surface area contributed by atoms with Crippen molar-refractivity contribution in [2.45, 2.75) is 4.90 Å². The lowest BCUT2D eigenvalue weighted by atomic mass is 10.0. The number of halogens is 3. The van der Waals surface area contributed by atoms with Gasteiger partial charge in [0.05, 0.1) is 10.5 Å². The molecule has 30 heavy (non-hydrogen) atoms. The molecule has 3 N–H and O–H groups in total. The normalized spacial score (nSPS) is 11.6. The van der Waals surface area contributed by atoms with Crippen LogP contribution < -0.4 is 10.5 Å². The molecule has 0 aliphatic heterocycles. The summed E-state index contributed by atoms with van der Waals surface area (Å²) in [6.45, 7) is 0. The van der Waals surface area contributed by atoms with Crippen LogP contribution in [0.5, 0.6) is 0 Å². The lowest BCUT2D eigenvalue weighted by Crippen LogP contribution is -2.13. The lowest BCUT2D eigenvalue weighted by molar-refractivity contribution is 0.601. The van der Waals surface area contributed by atoms with Gasteiger partial charge in [0, 0.05) is 27.9 Å². The van der Waals surface area contributed by atoms with Crippen molar-refractivity contribution < 1.29 is 12.8 Å². The molecule has 0 atom stereocenters. The second-order valence-electron chi connectivity index (χ2n) is 6.38. The van der Waals surface area contributed by atoms with Crippen molar-refractivity contribution >= 4 is 55.8 Å². The van der Waals surface area contributed by atoms with Gasteiger partial charge < -0.3 is 5.73 Å². The quantitative estimate of drug-likeness (QED) is 0.438. The number of hydrogen-bond acceptors (Lipinski definition) is 5. The Morgan fingerprint density at radius 1 is 1.00 bits per heavy atom. The number of nitrogens with two attached hydrogens (primary N) is 1. The molecule has 0 radical (unpaired) electrons. The monoisotopic (exact) mass is 462 g/mol. The van der Waals surface area contributed by atoms with Gasteiger partial charge in [-0.15, -0.1) is 0 Å². The fraction of sp³-hybridized carbons (Fsp3) is 0. The van der Waals surface area contributed by atoms with Crippen molar-refractivity contribution in [3.05, 3.63) is 76.7 Å². The number of fused-ring (bicyclic) bond motifs is 1. The molecule has 10 heteroatoms. The van der Waals surface area contributed by atoms with E-state index in [9.17, 15) is 12.8 Å². The van der Waals surface area contributed by atoms with Crippen LogP contribution in [0.1, 0.15) is 0 Å². The summed E-state index contributed by atoms with van der Waals surface area (Å²) in [7, 11) is -4.04. The first kappa shape index (κ1) is 20.3. The van der Waals surface area contributed by atoms with Gasteiger partial charge in [0.15, 0.2) is 0 Å². The number of nitrogen functional groups attached to an aromatic ring is 1. The maximum absolute atomic E-state index is 14.5. The van der Waals surface area contributed by atoms with Crippen molar-refractivity contribution in [2.75, 3.05) is 10.5 Å². The number of hydrogen-bond donors (Lipinski definition) is 2. The molecular weight excluding hydrogens is 450 g/mol. The fourth-order valence-corrected chi connectivity index (χ4v) is 4.73. The van der Waals surface area contributed by atoms with Crippen LogP contribution >= 0.6 is 23.2 Å². The highest BCUT2D eigenvalue weighted by Crippen LogP contribution is 2.31. The van der Waals surface area contributed by atoms with E-state index in [2.05, 4.69) is 14.7 Å². The Morgan fingerprint density at radius 2 is 1.80 bits per heavy atom. The van der Waals surface area contributed by atoms with Crippen molar-refractivity contribution in [1.82, 2.24) is 9.97 Å². The second-order valence-corrected chi connectivity index (χ2v) is 8.87. The molecule has 0 aliphatic carbocycles. The zero-order valence-electron chi connectivity index (χ0n) is 15.1. The van der Waals surface area contributed by atoms with Crippen molar-refractivity contribution in [3.8, 4) is 11.1 Å². The Bertz CT molecular complexity index is 1400. The molecule has 1 aromatic heterocycles. The smallest absolute Gasteiger partial charge is 0.263 e. The third-order valence-electron chi connectivity index (χ3n) is 4.31. The molecule has 0 amide bonds. The minimum Gasteiger partial charge on any atom is -0.368 e. The standard InChI is InChI=1S/C20H13Cl2FN4O2S/c21-13-2-4-16(22)19(8-13)30(28,29)27-14-3-5-17(23)15(9-14)11-1-6-18-12(7-11)10-25-20(24)26-18/h1-10,27H,(H2,24,25,26). The van der Waals surface area contributed by atoms with E-state index in [1.54, 1.807) is 18.2 Å². The number of anilines is 2. The molecule has 152 valence electrons. The van der Waals surface area contributed by atoms with E-state index < -0.39 is 15.8 Å². The van der Waals surface area contributed by atoms with Gasteiger partial charge in [-0.2, -0.15) is 0 Å². The summed E-state index contributed by atoms with van der Waals surface area (Å²) in [6, 6.07) is 13.0. The molecular formula is C20H13Cl2FN4O2S. The van der Waals surface area contributed by atoms with Crippen LogP contribution in [0.4, 0.5) is 16.0 Å². The average molecular weight is 463 g/mol. The number of benzene rings is 3. The lowest BCUT2D eigenvalue weighted by Gasteiger charge is -2.12. The summed E-state index contributed by atoms with van der Waals surface area (Å²) < 4.78 is 42.4. The second kappa shape index (κ2) is 7.71. The van der Waals surface area contributed by atoms with Gasteiger partial charge in [-0.25, -0.2) is 22.8 Å². The van der Waals surface area contributed by atoms with Crippen LogP contribution in [0.3, 0.4) is 0 Å². The first-order valence-electron chi connectivity index (χ1n) is 8.53. The zero-order valence-corrected chi connectivity index (χ0v) is 17.4. The van der Waals surface area contributed by atoms with E-state index in [4.69, 9.17) is 28.9 Å². The molecule has 0 fully saturated rings. The van der Waals surface area contributed by atoms with Gasteiger partial charge in [0.2, 0.25) is 5.95 Å². The van der Waals surface area contributed by atoms with Crippen LogP contribution in [0.2, 0.25) is 10.0 Å². The van der Waals surface area contributed by atoms with Crippen LogP contribution in [0.25, 0.3) is 22.0 Å². The molecule has 0 aliphatic rings. The highest BCUT2D eigenvalue weighted by Gasteiger charge is 2.19. The Labute approximate surface area is 181 Å². The van der Waals surface area contributed by atoms with E-state index in [1.165, 1.54) is 42.6 Å². The first-order chi connectivity index (χ1) is 14.2. The van der Waals surface area contributed by atoms with E-state index in [-0.39, 0.29) is 32.1 Å². The Morgan fingerprint density at radius 3 is 2.60 bits per heavy atom. The average Bonchev–Trinajstić information content (AvgIpc) is 2.70. The SMILES string of the molecule is Nc1ncc2cc(-c3cc(NS(=O)(=O)c4cc(Cl)ccc4Cl)ccc3F)ccc2n1.